The van der Waals surface area contributed by atoms with E-state index in [0.717, 1.165) is 52.5 Å². The first-order chi connectivity index (χ1) is 14.1. The largest absolute Gasteiger partial charge is 0.461 e. The summed E-state index contributed by atoms with van der Waals surface area (Å²) in [6.45, 7) is 3.31. The minimum Gasteiger partial charge on any atom is -0.461 e. The number of rotatable bonds is 6. The number of benzene rings is 1. The van der Waals surface area contributed by atoms with Gasteiger partial charge in [-0.05, 0) is 48.2 Å². The van der Waals surface area contributed by atoms with E-state index < -0.39 is 0 Å². The molecular formula is C23H24N2O3S. The SMILES string of the molecule is CCCCC(=O)Nc1ccc(-c2cc3c(o2)CCN(C(=O)c2cccs2)C3)cc1. The fourth-order valence-corrected chi connectivity index (χ4v) is 4.17. The summed E-state index contributed by atoms with van der Waals surface area (Å²) in [5.74, 6) is 1.87. The van der Waals surface area contributed by atoms with E-state index in [0.29, 0.717) is 19.5 Å². The number of thiophene rings is 1. The van der Waals surface area contributed by atoms with E-state index in [1.807, 2.05) is 52.7 Å². The standard InChI is InChI=1S/C23H24N2O3S/c1-2-3-6-22(26)24-18-9-7-16(8-10-18)20-14-17-15-25(12-11-19(17)28-20)23(27)21-5-4-13-29-21/h4-5,7-10,13-14H,2-3,6,11-12,15H2,1H3,(H,24,26). The molecule has 0 radical (unpaired) electrons. The van der Waals surface area contributed by atoms with Crippen molar-refractivity contribution in [2.45, 2.75) is 39.2 Å². The molecule has 0 aliphatic carbocycles. The summed E-state index contributed by atoms with van der Waals surface area (Å²) >= 11 is 1.47. The summed E-state index contributed by atoms with van der Waals surface area (Å²) in [5, 5.41) is 4.85. The zero-order valence-corrected chi connectivity index (χ0v) is 17.3. The summed E-state index contributed by atoms with van der Waals surface area (Å²) in [7, 11) is 0. The lowest BCUT2D eigenvalue weighted by Gasteiger charge is -2.25. The Balaban J connectivity index is 1.44. The summed E-state index contributed by atoms with van der Waals surface area (Å²) < 4.78 is 6.06. The number of hydrogen-bond acceptors (Lipinski definition) is 4. The molecule has 0 saturated heterocycles. The van der Waals surface area contributed by atoms with Gasteiger partial charge in [-0.1, -0.05) is 19.4 Å². The lowest BCUT2D eigenvalue weighted by Crippen LogP contribution is -2.35. The summed E-state index contributed by atoms with van der Waals surface area (Å²) in [4.78, 5) is 27.1. The molecule has 0 unspecified atom stereocenters. The van der Waals surface area contributed by atoms with Crippen LogP contribution in [0.25, 0.3) is 11.3 Å². The molecule has 1 aromatic carbocycles. The van der Waals surface area contributed by atoms with Crippen LogP contribution in [-0.4, -0.2) is 23.3 Å². The van der Waals surface area contributed by atoms with Crippen LogP contribution in [0, 0.1) is 0 Å². The van der Waals surface area contributed by atoms with Crippen LogP contribution in [-0.2, 0) is 17.8 Å². The Kier molecular flexibility index (Phi) is 5.81. The Hall–Kier alpha value is -2.86. The number of unbranched alkanes of at least 4 members (excludes halogenated alkanes) is 1. The highest BCUT2D eigenvalue weighted by molar-refractivity contribution is 7.12. The highest BCUT2D eigenvalue weighted by Gasteiger charge is 2.25. The van der Waals surface area contributed by atoms with Crippen LogP contribution in [0.3, 0.4) is 0 Å². The van der Waals surface area contributed by atoms with Gasteiger partial charge in [-0.15, -0.1) is 11.3 Å². The molecule has 3 heterocycles. The molecule has 150 valence electrons. The lowest BCUT2D eigenvalue weighted by molar-refractivity contribution is -0.116. The van der Waals surface area contributed by atoms with E-state index >= 15 is 0 Å². The third-order valence-electron chi connectivity index (χ3n) is 5.10. The first-order valence-electron chi connectivity index (χ1n) is 9.98. The molecule has 3 aromatic rings. The number of fused-ring (bicyclic) bond motifs is 1. The monoisotopic (exact) mass is 408 g/mol. The number of nitrogens with zero attached hydrogens (tertiary/aromatic N) is 1. The van der Waals surface area contributed by atoms with Crippen molar-refractivity contribution in [1.29, 1.82) is 0 Å². The molecule has 2 aromatic heterocycles. The van der Waals surface area contributed by atoms with Crippen molar-refractivity contribution in [3.05, 3.63) is 64.0 Å². The topological polar surface area (TPSA) is 62.6 Å². The molecule has 0 bridgehead atoms. The molecule has 5 nitrogen and oxygen atoms in total. The number of nitrogens with one attached hydrogen (secondary N) is 1. The van der Waals surface area contributed by atoms with Gasteiger partial charge in [0, 0.05) is 42.7 Å². The smallest absolute Gasteiger partial charge is 0.264 e. The van der Waals surface area contributed by atoms with E-state index in [4.69, 9.17) is 4.42 Å². The Bertz CT molecular complexity index is 990. The van der Waals surface area contributed by atoms with Crippen molar-refractivity contribution in [3.8, 4) is 11.3 Å². The van der Waals surface area contributed by atoms with E-state index in [1.165, 1.54) is 11.3 Å². The Morgan fingerprint density at radius 3 is 2.76 bits per heavy atom. The number of carbonyl (C=O) groups excluding carboxylic acids is 2. The minimum absolute atomic E-state index is 0.0450. The van der Waals surface area contributed by atoms with Crippen LogP contribution in [0.1, 0.15) is 47.2 Å². The lowest BCUT2D eigenvalue weighted by atomic mass is 10.1. The number of furan rings is 1. The van der Waals surface area contributed by atoms with Crippen molar-refractivity contribution in [2.75, 3.05) is 11.9 Å². The van der Waals surface area contributed by atoms with Gasteiger partial charge in [-0.25, -0.2) is 0 Å². The summed E-state index contributed by atoms with van der Waals surface area (Å²) in [6.07, 6.45) is 3.17. The van der Waals surface area contributed by atoms with Gasteiger partial charge in [0.05, 0.1) is 4.88 Å². The van der Waals surface area contributed by atoms with Crippen molar-refractivity contribution in [1.82, 2.24) is 4.90 Å². The van der Waals surface area contributed by atoms with Gasteiger partial charge in [-0.2, -0.15) is 0 Å². The molecule has 29 heavy (non-hydrogen) atoms. The highest BCUT2D eigenvalue weighted by atomic mass is 32.1. The Morgan fingerprint density at radius 1 is 1.21 bits per heavy atom. The van der Waals surface area contributed by atoms with Gasteiger partial charge < -0.3 is 14.6 Å². The highest BCUT2D eigenvalue weighted by Crippen LogP contribution is 2.31. The van der Waals surface area contributed by atoms with Gasteiger partial charge in [-0.3, -0.25) is 9.59 Å². The van der Waals surface area contributed by atoms with Gasteiger partial charge >= 0.3 is 0 Å². The van der Waals surface area contributed by atoms with Crippen LogP contribution in [0.5, 0.6) is 0 Å². The average molecular weight is 409 g/mol. The van der Waals surface area contributed by atoms with Crippen LogP contribution >= 0.6 is 11.3 Å². The fourth-order valence-electron chi connectivity index (χ4n) is 3.48. The number of amides is 2. The van der Waals surface area contributed by atoms with Crippen LogP contribution in [0.4, 0.5) is 5.69 Å². The normalized spacial score (nSPS) is 13.2. The second-order valence-electron chi connectivity index (χ2n) is 7.24. The van der Waals surface area contributed by atoms with E-state index in [-0.39, 0.29) is 11.8 Å². The van der Waals surface area contributed by atoms with Gasteiger partial charge in [0.15, 0.2) is 0 Å². The molecule has 0 atom stereocenters. The molecule has 0 saturated carbocycles. The first kappa shape index (κ1) is 19.5. The van der Waals surface area contributed by atoms with Crippen LogP contribution in [0.15, 0.2) is 52.3 Å². The van der Waals surface area contributed by atoms with Crippen LogP contribution in [0.2, 0.25) is 0 Å². The minimum atomic E-state index is 0.0450. The molecular weight excluding hydrogens is 384 g/mol. The quantitative estimate of drug-likeness (QED) is 0.599. The molecule has 1 aliphatic heterocycles. The summed E-state index contributed by atoms with van der Waals surface area (Å²) in [6, 6.07) is 13.5. The van der Waals surface area contributed by atoms with Crippen LogP contribution < -0.4 is 5.32 Å². The molecule has 0 fully saturated rings. The Labute approximate surface area is 174 Å². The maximum atomic E-state index is 12.6. The maximum absolute atomic E-state index is 12.6. The predicted molar refractivity (Wildman–Crippen MR) is 115 cm³/mol. The third kappa shape index (κ3) is 4.43. The van der Waals surface area contributed by atoms with Gasteiger partial charge in [0.25, 0.3) is 5.91 Å². The molecule has 6 heteroatoms. The maximum Gasteiger partial charge on any atom is 0.264 e. The average Bonchev–Trinajstić information content (AvgIpc) is 3.41. The number of carbonyl (C=O) groups is 2. The van der Waals surface area contributed by atoms with Gasteiger partial charge in [0.2, 0.25) is 5.91 Å². The zero-order chi connectivity index (χ0) is 20.2. The van der Waals surface area contributed by atoms with Crippen molar-refractivity contribution < 1.29 is 14.0 Å². The number of anilines is 1. The van der Waals surface area contributed by atoms with Crippen molar-refractivity contribution in [2.24, 2.45) is 0 Å². The second-order valence-corrected chi connectivity index (χ2v) is 8.19. The van der Waals surface area contributed by atoms with Gasteiger partial charge in [0.1, 0.15) is 11.5 Å². The fraction of sp³-hybridized carbons (Fsp3) is 0.304. The molecule has 1 aliphatic rings. The molecule has 4 rings (SSSR count). The van der Waals surface area contributed by atoms with Crippen molar-refractivity contribution >= 4 is 28.8 Å². The molecule has 1 N–H and O–H groups in total. The summed E-state index contributed by atoms with van der Waals surface area (Å²) in [5.41, 5.74) is 2.81. The van der Waals surface area contributed by atoms with E-state index in [2.05, 4.69) is 12.2 Å². The van der Waals surface area contributed by atoms with E-state index in [1.54, 1.807) is 0 Å². The zero-order valence-electron chi connectivity index (χ0n) is 16.4. The first-order valence-corrected chi connectivity index (χ1v) is 10.9. The number of hydrogen-bond donors (Lipinski definition) is 1. The predicted octanol–water partition coefficient (Wildman–Crippen LogP) is 5.34. The molecule has 0 spiro atoms. The van der Waals surface area contributed by atoms with Crippen molar-refractivity contribution in [3.63, 3.8) is 0 Å². The molecule has 2 amide bonds. The Morgan fingerprint density at radius 2 is 2.03 bits per heavy atom. The second kappa shape index (κ2) is 8.66. The van der Waals surface area contributed by atoms with E-state index in [9.17, 15) is 9.59 Å². The third-order valence-corrected chi connectivity index (χ3v) is 5.95.